The number of benzene rings is 1. The molecular weight excluding hydrogens is 292 g/mol. The third kappa shape index (κ3) is 6.08. The maximum Gasteiger partial charge on any atom is 0.220 e. The molecule has 0 saturated carbocycles. The third-order valence-electron chi connectivity index (χ3n) is 3.57. The molecule has 0 aliphatic rings. The van der Waals surface area contributed by atoms with Crippen molar-refractivity contribution in [3.05, 3.63) is 59.9 Å². The highest BCUT2D eigenvalue weighted by Gasteiger charge is 2.12. The number of hydrogen-bond acceptors (Lipinski definition) is 4. The molecular formula is C18H22N2O3. The van der Waals surface area contributed by atoms with Crippen LogP contribution in [0.25, 0.3) is 0 Å². The van der Waals surface area contributed by atoms with Crippen LogP contribution in [-0.4, -0.2) is 33.8 Å². The number of phenols is 1. The van der Waals surface area contributed by atoms with Gasteiger partial charge in [-0.3, -0.25) is 9.78 Å². The number of nitrogens with one attached hydrogen (secondary N) is 1. The Morgan fingerprint density at radius 3 is 2.61 bits per heavy atom. The number of phenolic OH excluding ortho intramolecular Hbond substituents is 1. The Labute approximate surface area is 136 Å². The monoisotopic (exact) mass is 314 g/mol. The van der Waals surface area contributed by atoms with Crippen LogP contribution in [0.15, 0.2) is 48.7 Å². The predicted octanol–water partition coefficient (Wildman–Crippen LogP) is 1.83. The van der Waals surface area contributed by atoms with E-state index in [9.17, 15) is 15.0 Å². The highest BCUT2D eigenvalue weighted by atomic mass is 16.3. The predicted molar refractivity (Wildman–Crippen MR) is 88.0 cm³/mol. The summed E-state index contributed by atoms with van der Waals surface area (Å²) in [6, 6.07) is 12.2. The number of hydrogen-bond donors (Lipinski definition) is 3. The lowest BCUT2D eigenvalue weighted by atomic mass is 10.1. The van der Waals surface area contributed by atoms with E-state index in [0.717, 1.165) is 24.1 Å². The van der Waals surface area contributed by atoms with E-state index in [-0.39, 0.29) is 24.3 Å². The fourth-order valence-electron chi connectivity index (χ4n) is 2.35. The number of aliphatic hydroxyl groups is 1. The molecule has 0 bridgehead atoms. The van der Waals surface area contributed by atoms with Crippen LogP contribution in [0.3, 0.4) is 0 Å². The van der Waals surface area contributed by atoms with Gasteiger partial charge in [-0.15, -0.1) is 0 Å². The molecule has 0 unspecified atom stereocenters. The minimum Gasteiger partial charge on any atom is -0.508 e. The summed E-state index contributed by atoms with van der Waals surface area (Å²) in [7, 11) is 0. The lowest BCUT2D eigenvalue weighted by molar-refractivity contribution is -0.122. The molecule has 1 heterocycles. The molecule has 2 aromatic rings. The van der Waals surface area contributed by atoms with Gasteiger partial charge in [-0.25, -0.2) is 0 Å². The lowest BCUT2D eigenvalue weighted by Crippen LogP contribution is -2.39. The molecule has 1 aromatic heterocycles. The van der Waals surface area contributed by atoms with Crippen molar-refractivity contribution in [1.82, 2.24) is 10.3 Å². The molecule has 0 aliphatic heterocycles. The smallest absolute Gasteiger partial charge is 0.220 e. The average Bonchev–Trinajstić information content (AvgIpc) is 2.57. The van der Waals surface area contributed by atoms with Gasteiger partial charge in [-0.2, -0.15) is 0 Å². The van der Waals surface area contributed by atoms with Gasteiger partial charge >= 0.3 is 0 Å². The fourth-order valence-corrected chi connectivity index (χ4v) is 2.35. The maximum atomic E-state index is 12.0. The van der Waals surface area contributed by atoms with E-state index in [4.69, 9.17) is 0 Å². The van der Waals surface area contributed by atoms with Crippen LogP contribution in [0.5, 0.6) is 5.75 Å². The molecule has 0 aliphatic carbocycles. The second-order valence-corrected chi connectivity index (χ2v) is 5.49. The number of aromatic hydroxyl groups is 1. The number of carbonyl (C=O) groups excluding carboxylic acids is 1. The SMILES string of the molecule is O=C(CCCc1ccccn1)N[C@H](CO)Cc1ccc(O)cc1. The minimum atomic E-state index is -0.318. The topological polar surface area (TPSA) is 82.5 Å². The Kier molecular flexibility index (Phi) is 6.56. The molecule has 2 rings (SSSR count). The second kappa shape index (κ2) is 8.90. The first-order chi connectivity index (χ1) is 11.2. The Balaban J connectivity index is 1.74. The first-order valence-electron chi connectivity index (χ1n) is 7.75. The van der Waals surface area contributed by atoms with E-state index in [1.807, 2.05) is 18.2 Å². The van der Waals surface area contributed by atoms with Crippen LogP contribution in [0.4, 0.5) is 0 Å². The number of rotatable bonds is 8. The summed E-state index contributed by atoms with van der Waals surface area (Å²) in [4.78, 5) is 16.2. The van der Waals surface area contributed by atoms with Crippen LogP contribution in [-0.2, 0) is 17.6 Å². The van der Waals surface area contributed by atoms with Crippen molar-refractivity contribution in [3.63, 3.8) is 0 Å². The molecule has 0 fully saturated rings. The molecule has 1 aromatic carbocycles. The first-order valence-corrected chi connectivity index (χ1v) is 7.75. The zero-order valence-corrected chi connectivity index (χ0v) is 13.0. The van der Waals surface area contributed by atoms with Crippen LogP contribution in [0, 0.1) is 0 Å². The Bertz CT molecular complexity index is 599. The van der Waals surface area contributed by atoms with Crippen molar-refractivity contribution in [3.8, 4) is 5.75 Å². The Morgan fingerprint density at radius 2 is 1.96 bits per heavy atom. The van der Waals surface area contributed by atoms with E-state index in [2.05, 4.69) is 10.3 Å². The molecule has 122 valence electrons. The van der Waals surface area contributed by atoms with Crippen molar-refractivity contribution in [1.29, 1.82) is 0 Å². The quantitative estimate of drug-likeness (QED) is 0.694. The van der Waals surface area contributed by atoms with Crippen LogP contribution >= 0.6 is 0 Å². The molecule has 0 saturated heterocycles. The summed E-state index contributed by atoms with van der Waals surface area (Å²) in [5.41, 5.74) is 1.93. The Hall–Kier alpha value is -2.40. The summed E-state index contributed by atoms with van der Waals surface area (Å²) in [5, 5.41) is 21.5. The number of aliphatic hydroxyl groups excluding tert-OH is 1. The van der Waals surface area contributed by atoms with Crippen LogP contribution < -0.4 is 5.32 Å². The molecule has 5 heteroatoms. The number of aromatic nitrogens is 1. The van der Waals surface area contributed by atoms with Crippen molar-refractivity contribution >= 4 is 5.91 Å². The number of amides is 1. The normalized spacial score (nSPS) is 11.9. The lowest BCUT2D eigenvalue weighted by Gasteiger charge is -2.16. The summed E-state index contributed by atoms with van der Waals surface area (Å²) in [5.74, 6) is 0.131. The summed E-state index contributed by atoms with van der Waals surface area (Å²) < 4.78 is 0. The molecule has 0 spiro atoms. The molecule has 5 nitrogen and oxygen atoms in total. The van der Waals surface area contributed by atoms with Crippen molar-refractivity contribution in [2.45, 2.75) is 31.7 Å². The van der Waals surface area contributed by atoms with Crippen LogP contribution in [0.2, 0.25) is 0 Å². The number of pyridine rings is 1. The van der Waals surface area contributed by atoms with Crippen LogP contribution in [0.1, 0.15) is 24.1 Å². The number of aryl methyl sites for hydroxylation is 1. The zero-order chi connectivity index (χ0) is 16.5. The van der Waals surface area contributed by atoms with E-state index >= 15 is 0 Å². The summed E-state index contributed by atoms with van der Waals surface area (Å²) >= 11 is 0. The largest absolute Gasteiger partial charge is 0.508 e. The van der Waals surface area contributed by atoms with Crippen molar-refractivity contribution < 1.29 is 15.0 Å². The van der Waals surface area contributed by atoms with Crippen molar-refractivity contribution in [2.75, 3.05) is 6.61 Å². The number of nitrogens with zero attached hydrogens (tertiary/aromatic N) is 1. The van der Waals surface area contributed by atoms with Gasteiger partial charge in [-0.1, -0.05) is 18.2 Å². The highest BCUT2D eigenvalue weighted by Crippen LogP contribution is 2.11. The Morgan fingerprint density at radius 1 is 1.17 bits per heavy atom. The molecule has 3 N–H and O–H groups in total. The van der Waals surface area contributed by atoms with Gasteiger partial charge in [0.15, 0.2) is 0 Å². The van der Waals surface area contributed by atoms with Gasteiger partial charge in [-0.05, 0) is 49.1 Å². The van der Waals surface area contributed by atoms with Gasteiger partial charge < -0.3 is 15.5 Å². The van der Waals surface area contributed by atoms with Gasteiger partial charge in [0, 0.05) is 18.3 Å². The minimum absolute atomic E-state index is 0.0706. The van der Waals surface area contributed by atoms with E-state index in [1.165, 1.54) is 0 Å². The standard InChI is InChI=1S/C18H22N2O3/c21-13-16(12-14-7-9-17(22)10-8-14)20-18(23)6-3-5-15-4-1-2-11-19-15/h1-2,4,7-11,16,21-22H,3,5-6,12-13H2,(H,20,23)/t16-/m0/s1. The molecule has 1 amide bonds. The highest BCUT2D eigenvalue weighted by molar-refractivity contribution is 5.76. The van der Waals surface area contributed by atoms with Gasteiger partial charge in [0.2, 0.25) is 5.91 Å². The molecule has 23 heavy (non-hydrogen) atoms. The summed E-state index contributed by atoms with van der Waals surface area (Å²) in [6.07, 6.45) is 4.16. The van der Waals surface area contributed by atoms with Gasteiger partial charge in [0.1, 0.15) is 5.75 Å². The van der Waals surface area contributed by atoms with E-state index in [1.54, 1.807) is 30.5 Å². The maximum absolute atomic E-state index is 12.0. The fraction of sp³-hybridized carbons (Fsp3) is 0.333. The zero-order valence-electron chi connectivity index (χ0n) is 13.0. The molecule has 1 atom stereocenters. The number of carbonyl (C=O) groups is 1. The van der Waals surface area contributed by atoms with Gasteiger partial charge in [0.05, 0.1) is 12.6 Å². The van der Waals surface area contributed by atoms with E-state index < -0.39 is 0 Å². The third-order valence-corrected chi connectivity index (χ3v) is 3.57. The first kappa shape index (κ1) is 17.0. The van der Waals surface area contributed by atoms with Crippen molar-refractivity contribution in [2.24, 2.45) is 0 Å². The summed E-state index contributed by atoms with van der Waals surface area (Å²) in [6.45, 7) is -0.118. The second-order valence-electron chi connectivity index (χ2n) is 5.49. The molecule has 0 radical (unpaired) electrons. The van der Waals surface area contributed by atoms with E-state index in [0.29, 0.717) is 12.8 Å². The van der Waals surface area contributed by atoms with Gasteiger partial charge in [0.25, 0.3) is 0 Å². The average molecular weight is 314 g/mol.